The highest BCUT2D eigenvalue weighted by Crippen LogP contribution is 2.36. The summed E-state index contributed by atoms with van der Waals surface area (Å²) in [5.74, 6) is 2.39. The molecule has 2 aliphatic rings. The maximum absolute atomic E-state index is 13.0. The molecule has 1 fully saturated rings. The third-order valence-electron chi connectivity index (χ3n) is 7.73. The second-order valence-corrected chi connectivity index (χ2v) is 13.3. The van der Waals surface area contributed by atoms with Crippen molar-refractivity contribution < 1.29 is 13.2 Å². The maximum Gasteiger partial charge on any atom is 0.231 e. The number of sulfone groups is 1. The van der Waals surface area contributed by atoms with Crippen molar-refractivity contribution in [2.45, 2.75) is 49.3 Å². The fourth-order valence-corrected chi connectivity index (χ4v) is 6.47. The summed E-state index contributed by atoms with van der Waals surface area (Å²) < 4.78 is 31.8. The third-order valence-corrected chi connectivity index (χ3v) is 9.94. The third kappa shape index (κ3) is 5.66. The first-order chi connectivity index (χ1) is 19.2. The molecule has 214 valence electrons. The van der Waals surface area contributed by atoms with Crippen molar-refractivity contribution in [3.05, 3.63) is 48.0 Å². The van der Waals surface area contributed by atoms with Gasteiger partial charge in [0.05, 0.1) is 28.6 Å². The Morgan fingerprint density at radius 2 is 1.80 bits per heavy atom. The summed E-state index contributed by atoms with van der Waals surface area (Å²) in [6.45, 7) is 6.11. The van der Waals surface area contributed by atoms with Crippen LogP contribution in [-0.2, 0) is 16.3 Å². The second kappa shape index (κ2) is 11.5. The molecule has 0 bridgehead atoms. The normalized spacial score (nSPS) is 15.7. The Labute approximate surface area is 237 Å². The van der Waals surface area contributed by atoms with Crippen LogP contribution in [0.1, 0.15) is 32.3 Å². The zero-order valence-corrected chi connectivity index (χ0v) is 24.7. The summed E-state index contributed by atoms with van der Waals surface area (Å²) in [5, 5.41) is 9.40. The fraction of sp³-hybridized carbons (Fsp3) is 0.448. The second-order valence-electron chi connectivity index (χ2n) is 10.8. The molecule has 0 saturated carbocycles. The van der Waals surface area contributed by atoms with Crippen molar-refractivity contribution in [1.82, 2.24) is 14.9 Å². The summed E-state index contributed by atoms with van der Waals surface area (Å²) in [6, 6.07) is 13.7. The number of piperidine rings is 1. The van der Waals surface area contributed by atoms with Crippen molar-refractivity contribution in [3.63, 3.8) is 0 Å². The van der Waals surface area contributed by atoms with E-state index < -0.39 is 15.1 Å². The summed E-state index contributed by atoms with van der Waals surface area (Å²) in [7, 11) is 2.46. The molecule has 3 aromatic rings. The SMILES string of the molecule is COc1cc(N2CCC(N(C)C)CC2)ccc1Nc1nc2c(c(Nc3ccccc3S(=O)(=O)C(C)C)n1)CCN2. The van der Waals surface area contributed by atoms with Crippen molar-refractivity contribution in [3.8, 4) is 5.75 Å². The van der Waals surface area contributed by atoms with E-state index in [0.29, 0.717) is 29.2 Å². The highest BCUT2D eigenvalue weighted by molar-refractivity contribution is 7.92. The minimum absolute atomic E-state index is 0.254. The van der Waals surface area contributed by atoms with Crippen LogP contribution in [0.15, 0.2) is 47.4 Å². The summed E-state index contributed by atoms with van der Waals surface area (Å²) in [4.78, 5) is 14.4. The van der Waals surface area contributed by atoms with Crippen LogP contribution in [0.25, 0.3) is 0 Å². The number of fused-ring (bicyclic) bond motifs is 1. The summed E-state index contributed by atoms with van der Waals surface area (Å²) >= 11 is 0. The van der Waals surface area contributed by atoms with Crippen LogP contribution >= 0.6 is 0 Å². The highest BCUT2D eigenvalue weighted by atomic mass is 32.2. The van der Waals surface area contributed by atoms with Crippen molar-refractivity contribution >= 4 is 44.5 Å². The Morgan fingerprint density at radius 1 is 1.05 bits per heavy atom. The summed E-state index contributed by atoms with van der Waals surface area (Å²) in [6.07, 6.45) is 2.99. The van der Waals surface area contributed by atoms with E-state index in [0.717, 1.165) is 61.7 Å². The van der Waals surface area contributed by atoms with Gasteiger partial charge < -0.3 is 30.5 Å². The van der Waals surface area contributed by atoms with Gasteiger partial charge in [0.15, 0.2) is 9.84 Å². The van der Waals surface area contributed by atoms with Gasteiger partial charge in [-0.25, -0.2) is 8.42 Å². The molecule has 10 nitrogen and oxygen atoms in total. The van der Waals surface area contributed by atoms with Gasteiger partial charge in [-0.1, -0.05) is 12.1 Å². The lowest BCUT2D eigenvalue weighted by Gasteiger charge is -2.36. The molecule has 3 N–H and O–H groups in total. The van der Waals surface area contributed by atoms with Crippen LogP contribution in [-0.4, -0.2) is 75.4 Å². The van der Waals surface area contributed by atoms with Gasteiger partial charge in [-0.3, -0.25) is 0 Å². The van der Waals surface area contributed by atoms with Crippen molar-refractivity contribution in [1.29, 1.82) is 0 Å². The van der Waals surface area contributed by atoms with Crippen LogP contribution in [0.2, 0.25) is 0 Å². The highest BCUT2D eigenvalue weighted by Gasteiger charge is 2.26. The molecule has 2 aromatic carbocycles. The predicted molar refractivity (Wildman–Crippen MR) is 161 cm³/mol. The first-order valence-corrected chi connectivity index (χ1v) is 15.3. The van der Waals surface area contributed by atoms with Crippen LogP contribution in [0.3, 0.4) is 0 Å². The van der Waals surface area contributed by atoms with E-state index in [1.165, 1.54) is 0 Å². The van der Waals surface area contributed by atoms with Crippen LogP contribution < -0.4 is 25.6 Å². The number of rotatable bonds is 9. The Morgan fingerprint density at radius 3 is 2.50 bits per heavy atom. The average Bonchev–Trinajstić information content (AvgIpc) is 3.42. The van der Waals surface area contributed by atoms with Gasteiger partial charge in [0.2, 0.25) is 5.95 Å². The molecule has 1 saturated heterocycles. The number of nitrogens with zero attached hydrogens (tertiary/aromatic N) is 4. The monoisotopic (exact) mass is 565 g/mol. The maximum atomic E-state index is 13.0. The molecule has 1 aromatic heterocycles. The number of hydrogen-bond acceptors (Lipinski definition) is 10. The standard InChI is InChI=1S/C29H39N7O3S/c1-19(2)40(37,38)26-9-7-6-8-24(26)31-28-22-12-15-30-27(22)33-29(34-28)32-23-11-10-21(18-25(23)39-5)36-16-13-20(14-17-36)35(3)4/h6-11,18-20H,12-17H2,1-5H3,(H3,30,31,32,33,34). The largest absolute Gasteiger partial charge is 0.494 e. The Kier molecular flexibility index (Phi) is 8.04. The van der Waals surface area contributed by atoms with Gasteiger partial charge in [0.25, 0.3) is 0 Å². The number of benzene rings is 2. The van der Waals surface area contributed by atoms with Crippen LogP contribution in [0.5, 0.6) is 5.75 Å². The molecule has 0 amide bonds. The van der Waals surface area contributed by atoms with Crippen LogP contribution in [0, 0.1) is 0 Å². The van der Waals surface area contributed by atoms with E-state index in [1.54, 1.807) is 39.2 Å². The van der Waals surface area contributed by atoms with Gasteiger partial charge in [-0.15, -0.1) is 0 Å². The first-order valence-electron chi connectivity index (χ1n) is 13.8. The minimum atomic E-state index is -3.49. The van der Waals surface area contributed by atoms with Crippen molar-refractivity contribution in [2.75, 3.05) is 61.7 Å². The van der Waals surface area contributed by atoms with Gasteiger partial charge >= 0.3 is 0 Å². The molecule has 2 aliphatic heterocycles. The predicted octanol–water partition coefficient (Wildman–Crippen LogP) is 4.65. The zero-order chi connectivity index (χ0) is 28.4. The number of para-hydroxylation sites is 1. The van der Waals surface area contributed by atoms with E-state index in [1.807, 2.05) is 12.1 Å². The molecule has 11 heteroatoms. The Balaban J connectivity index is 1.41. The molecule has 0 spiro atoms. The summed E-state index contributed by atoms with van der Waals surface area (Å²) in [5.41, 5.74) is 3.29. The Hall–Kier alpha value is -3.57. The molecule has 0 radical (unpaired) electrons. The fourth-order valence-electron chi connectivity index (χ4n) is 5.27. The molecule has 3 heterocycles. The number of ether oxygens (including phenoxy) is 1. The van der Waals surface area contributed by atoms with E-state index in [-0.39, 0.29) is 4.90 Å². The van der Waals surface area contributed by atoms with E-state index in [4.69, 9.17) is 14.7 Å². The number of hydrogen-bond donors (Lipinski definition) is 3. The van der Waals surface area contributed by atoms with Gasteiger partial charge in [0, 0.05) is 43.0 Å². The first kappa shape index (κ1) is 28.0. The number of nitrogens with one attached hydrogen (secondary N) is 3. The molecule has 0 unspecified atom stereocenters. The lowest BCUT2D eigenvalue weighted by molar-refractivity contribution is 0.249. The minimum Gasteiger partial charge on any atom is -0.494 e. The van der Waals surface area contributed by atoms with Gasteiger partial charge in [-0.2, -0.15) is 9.97 Å². The topological polar surface area (TPSA) is 112 Å². The molecule has 0 atom stereocenters. The molecule has 40 heavy (non-hydrogen) atoms. The van der Waals surface area contributed by atoms with E-state index in [9.17, 15) is 8.42 Å². The number of anilines is 6. The Bertz CT molecular complexity index is 1470. The quantitative estimate of drug-likeness (QED) is 0.339. The van der Waals surface area contributed by atoms with Crippen LogP contribution in [0.4, 0.5) is 34.6 Å². The lowest BCUT2D eigenvalue weighted by Crippen LogP contribution is -2.41. The molecular formula is C29H39N7O3S. The van der Waals surface area contributed by atoms with E-state index in [2.05, 4.69) is 52.0 Å². The molecule has 5 rings (SSSR count). The van der Waals surface area contributed by atoms with Gasteiger partial charge in [-0.05, 0) is 71.5 Å². The molecule has 0 aliphatic carbocycles. The molecular weight excluding hydrogens is 526 g/mol. The number of aromatic nitrogens is 2. The van der Waals surface area contributed by atoms with Crippen molar-refractivity contribution in [2.24, 2.45) is 0 Å². The smallest absolute Gasteiger partial charge is 0.231 e. The van der Waals surface area contributed by atoms with E-state index >= 15 is 0 Å². The lowest BCUT2D eigenvalue weighted by atomic mass is 10.0. The van der Waals surface area contributed by atoms with Gasteiger partial charge in [0.1, 0.15) is 17.4 Å². The zero-order valence-electron chi connectivity index (χ0n) is 23.9. The average molecular weight is 566 g/mol. The number of methoxy groups -OCH3 is 1.